The van der Waals surface area contributed by atoms with Gasteiger partial charge in [-0.3, -0.25) is 9.59 Å². The summed E-state index contributed by atoms with van der Waals surface area (Å²) < 4.78 is 41.3. The van der Waals surface area contributed by atoms with E-state index in [0.717, 1.165) is 7.11 Å². The highest BCUT2D eigenvalue weighted by Crippen LogP contribution is 2.17. The maximum Gasteiger partial charge on any atom is 0.406 e. The molecule has 0 aromatic rings. The van der Waals surface area contributed by atoms with E-state index in [2.05, 4.69) is 10.1 Å². The first-order valence-corrected chi connectivity index (χ1v) is 5.31. The summed E-state index contributed by atoms with van der Waals surface area (Å²) in [7, 11) is 2.60. The monoisotopic (exact) mass is 270 g/mol. The zero-order chi connectivity index (χ0) is 14.3. The van der Waals surface area contributed by atoms with Crippen molar-refractivity contribution in [3.63, 3.8) is 0 Å². The van der Waals surface area contributed by atoms with Crippen molar-refractivity contribution in [2.24, 2.45) is 0 Å². The summed E-state index contributed by atoms with van der Waals surface area (Å²) in [6, 6.07) is -0.745. The minimum absolute atomic E-state index is 0.269. The molecule has 1 unspecified atom stereocenters. The largest absolute Gasteiger partial charge is 0.469 e. The summed E-state index contributed by atoms with van der Waals surface area (Å²) in [4.78, 5) is 23.1. The van der Waals surface area contributed by atoms with Crippen LogP contribution in [0.4, 0.5) is 13.2 Å². The fourth-order valence-corrected chi connectivity index (χ4v) is 1.21. The zero-order valence-electron chi connectivity index (χ0n) is 10.5. The molecular weight excluding hydrogens is 253 g/mol. The lowest BCUT2D eigenvalue weighted by Crippen LogP contribution is -2.48. The Morgan fingerprint density at radius 1 is 1.39 bits per heavy atom. The number of nitrogens with one attached hydrogen (secondary N) is 1. The lowest BCUT2D eigenvalue weighted by Gasteiger charge is -2.26. The fraction of sp³-hybridized carbons (Fsp3) is 0.800. The number of rotatable bonds is 6. The van der Waals surface area contributed by atoms with Crippen LogP contribution >= 0.6 is 0 Å². The van der Waals surface area contributed by atoms with Gasteiger partial charge in [0.1, 0.15) is 6.54 Å². The van der Waals surface area contributed by atoms with E-state index in [1.165, 1.54) is 14.0 Å². The summed E-state index contributed by atoms with van der Waals surface area (Å²) in [5, 5.41) is 2.56. The Balaban J connectivity index is 4.62. The highest BCUT2D eigenvalue weighted by molar-refractivity contribution is 5.82. The molecule has 0 aliphatic carbocycles. The number of halogens is 3. The van der Waals surface area contributed by atoms with E-state index in [9.17, 15) is 22.8 Å². The molecule has 0 heterocycles. The van der Waals surface area contributed by atoms with E-state index in [1.807, 2.05) is 0 Å². The summed E-state index contributed by atoms with van der Waals surface area (Å²) in [5.74, 6) is -1.37. The minimum atomic E-state index is -4.50. The van der Waals surface area contributed by atoms with Gasteiger partial charge in [0.25, 0.3) is 0 Å². The van der Waals surface area contributed by atoms with Crippen molar-refractivity contribution >= 4 is 11.9 Å². The number of amides is 1. The maximum atomic E-state index is 12.3. The molecule has 1 amide bonds. The second-order valence-electron chi connectivity index (χ2n) is 3.71. The number of hydrogen-bond donors (Lipinski definition) is 1. The smallest absolute Gasteiger partial charge is 0.406 e. The lowest BCUT2D eigenvalue weighted by atomic mass is 10.2. The van der Waals surface area contributed by atoms with Crippen LogP contribution in [-0.2, 0) is 14.3 Å². The molecule has 1 atom stereocenters. The van der Waals surface area contributed by atoms with Crippen molar-refractivity contribution in [1.82, 2.24) is 10.2 Å². The molecule has 0 aliphatic rings. The van der Waals surface area contributed by atoms with Crippen LogP contribution in [0.3, 0.4) is 0 Å². The van der Waals surface area contributed by atoms with E-state index >= 15 is 0 Å². The standard InChI is InChI=1S/C10H17F3N2O3/c1-7(14-2)9(17)15(6-10(11,12)13)5-4-8(16)18-3/h7,14H,4-6H2,1-3H3. The van der Waals surface area contributed by atoms with E-state index in [-0.39, 0.29) is 13.0 Å². The average Bonchev–Trinajstić information content (AvgIpc) is 2.30. The van der Waals surface area contributed by atoms with Gasteiger partial charge in [0.2, 0.25) is 5.91 Å². The molecule has 0 fully saturated rings. The Morgan fingerprint density at radius 3 is 2.33 bits per heavy atom. The second-order valence-corrected chi connectivity index (χ2v) is 3.71. The summed E-state index contributed by atoms with van der Waals surface area (Å²) in [6.07, 6.45) is -4.77. The van der Waals surface area contributed by atoms with Gasteiger partial charge in [0.15, 0.2) is 0 Å². The molecule has 18 heavy (non-hydrogen) atoms. The first kappa shape index (κ1) is 16.7. The van der Waals surface area contributed by atoms with Crippen LogP contribution in [0.1, 0.15) is 13.3 Å². The van der Waals surface area contributed by atoms with Gasteiger partial charge in [-0.25, -0.2) is 0 Å². The van der Waals surface area contributed by atoms with Gasteiger partial charge >= 0.3 is 12.1 Å². The van der Waals surface area contributed by atoms with Crippen LogP contribution < -0.4 is 5.32 Å². The van der Waals surface area contributed by atoms with Gasteiger partial charge in [0.05, 0.1) is 19.6 Å². The average molecular weight is 270 g/mol. The molecule has 0 aromatic heterocycles. The molecule has 0 rings (SSSR count). The Hall–Kier alpha value is -1.31. The molecule has 0 radical (unpaired) electrons. The zero-order valence-corrected chi connectivity index (χ0v) is 10.5. The van der Waals surface area contributed by atoms with Crippen LogP contribution in [0.25, 0.3) is 0 Å². The molecule has 1 N–H and O–H groups in total. The maximum absolute atomic E-state index is 12.3. The topological polar surface area (TPSA) is 58.6 Å². The third-order valence-corrected chi connectivity index (χ3v) is 2.30. The van der Waals surface area contributed by atoms with Crippen LogP contribution in [-0.4, -0.2) is 56.2 Å². The van der Waals surface area contributed by atoms with Crippen molar-refractivity contribution < 1.29 is 27.5 Å². The Bertz CT molecular complexity index is 295. The number of likely N-dealkylation sites (N-methyl/N-ethyl adjacent to an activating group) is 1. The molecule has 8 heteroatoms. The van der Waals surface area contributed by atoms with Crippen LogP contribution in [0, 0.1) is 0 Å². The predicted molar refractivity (Wildman–Crippen MR) is 57.8 cm³/mol. The molecule has 0 saturated carbocycles. The molecule has 5 nitrogen and oxygen atoms in total. The van der Waals surface area contributed by atoms with Crippen molar-refractivity contribution in [3.8, 4) is 0 Å². The first-order chi connectivity index (χ1) is 8.21. The number of carbonyl (C=O) groups excluding carboxylic acids is 2. The first-order valence-electron chi connectivity index (χ1n) is 5.31. The molecule has 0 aromatic carbocycles. The van der Waals surface area contributed by atoms with E-state index in [1.54, 1.807) is 0 Å². The highest BCUT2D eigenvalue weighted by Gasteiger charge is 2.34. The summed E-state index contributed by atoms with van der Waals surface area (Å²) in [6.45, 7) is -0.254. The predicted octanol–water partition coefficient (Wildman–Crippen LogP) is 0.548. The molecule has 106 valence electrons. The van der Waals surface area contributed by atoms with Gasteiger partial charge in [-0.05, 0) is 14.0 Å². The Labute approximate surface area is 103 Å². The lowest BCUT2D eigenvalue weighted by molar-refractivity contribution is -0.163. The SMILES string of the molecule is CNC(C)C(=O)N(CCC(=O)OC)CC(F)(F)F. The van der Waals surface area contributed by atoms with E-state index in [0.29, 0.717) is 4.90 Å². The molecule has 0 aliphatic heterocycles. The van der Waals surface area contributed by atoms with Crippen molar-refractivity contribution in [1.29, 1.82) is 0 Å². The summed E-state index contributed by atoms with van der Waals surface area (Å²) >= 11 is 0. The number of methoxy groups -OCH3 is 1. The second kappa shape index (κ2) is 7.20. The van der Waals surface area contributed by atoms with Gasteiger partial charge in [0, 0.05) is 6.54 Å². The van der Waals surface area contributed by atoms with Gasteiger partial charge in [-0.1, -0.05) is 0 Å². The third kappa shape index (κ3) is 6.43. The minimum Gasteiger partial charge on any atom is -0.469 e. The highest BCUT2D eigenvalue weighted by atomic mass is 19.4. The quantitative estimate of drug-likeness (QED) is 0.716. The molecule has 0 bridgehead atoms. The number of esters is 1. The van der Waals surface area contributed by atoms with Gasteiger partial charge in [-0.15, -0.1) is 0 Å². The number of hydrogen-bond acceptors (Lipinski definition) is 4. The van der Waals surface area contributed by atoms with Gasteiger partial charge in [-0.2, -0.15) is 13.2 Å². The molecule has 0 saturated heterocycles. The van der Waals surface area contributed by atoms with Crippen LogP contribution in [0.15, 0.2) is 0 Å². The molecule has 0 spiro atoms. The van der Waals surface area contributed by atoms with Gasteiger partial charge < -0.3 is 15.0 Å². The van der Waals surface area contributed by atoms with Crippen LogP contribution in [0.2, 0.25) is 0 Å². The van der Waals surface area contributed by atoms with Crippen molar-refractivity contribution in [2.45, 2.75) is 25.6 Å². The fourth-order valence-electron chi connectivity index (χ4n) is 1.21. The molecular formula is C10H17F3N2O3. The normalized spacial score (nSPS) is 13.0. The van der Waals surface area contributed by atoms with Crippen LogP contribution in [0.5, 0.6) is 0 Å². The van der Waals surface area contributed by atoms with E-state index in [4.69, 9.17) is 0 Å². The Kier molecular flexibility index (Phi) is 6.67. The number of alkyl halides is 3. The Morgan fingerprint density at radius 2 is 1.94 bits per heavy atom. The number of nitrogens with zero attached hydrogens (tertiary/aromatic N) is 1. The number of carbonyl (C=O) groups is 2. The van der Waals surface area contributed by atoms with Crippen molar-refractivity contribution in [2.75, 3.05) is 27.2 Å². The third-order valence-electron chi connectivity index (χ3n) is 2.30. The van der Waals surface area contributed by atoms with E-state index < -0.39 is 30.6 Å². The summed E-state index contributed by atoms with van der Waals surface area (Å²) in [5.41, 5.74) is 0. The van der Waals surface area contributed by atoms with Crippen molar-refractivity contribution in [3.05, 3.63) is 0 Å². The number of ether oxygens (including phenoxy) is 1.